The number of hydrogen-bond acceptors (Lipinski definition) is 2. The summed E-state index contributed by atoms with van der Waals surface area (Å²) in [5.41, 5.74) is 7.25. The third kappa shape index (κ3) is 8.42. The summed E-state index contributed by atoms with van der Waals surface area (Å²) in [6.07, 6.45) is 3.80. The van der Waals surface area contributed by atoms with Gasteiger partial charge in [-0.3, -0.25) is 0 Å². The van der Waals surface area contributed by atoms with Gasteiger partial charge in [0.1, 0.15) is 0 Å². The molecule has 2 aromatic heterocycles. The fourth-order valence-corrected chi connectivity index (χ4v) is 5.50. The van der Waals surface area contributed by atoms with Gasteiger partial charge in [0.2, 0.25) is 0 Å². The van der Waals surface area contributed by atoms with Gasteiger partial charge in [-0.25, -0.2) is 0 Å². The molecule has 0 aliphatic rings. The van der Waals surface area contributed by atoms with E-state index in [0.29, 0.717) is 0 Å². The molecule has 2 nitrogen and oxygen atoms in total. The van der Waals surface area contributed by atoms with Gasteiger partial charge in [0.25, 0.3) is 0 Å². The monoisotopic (exact) mass is 734 g/mol. The minimum Gasteiger partial charge on any atom is -0.305 e. The molecule has 4 heteroatoms. The minimum absolute atomic E-state index is 0. The van der Waals surface area contributed by atoms with Crippen molar-refractivity contribution in [2.45, 2.75) is 58.6 Å². The molecule has 0 aliphatic heterocycles. The van der Waals surface area contributed by atoms with Crippen LogP contribution in [0.3, 0.4) is 0 Å². The number of nitrogens with zero attached hydrogens (tertiary/aromatic N) is 2. The van der Waals surface area contributed by atoms with E-state index in [1.165, 1.54) is 16.3 Å². The van der Waals surface area contributed by atoms with Gasteiger partial charge in [-0.1, -0.05) is 101 Å². The molecule has 0 unspecified atom stereocenters. The molecule has 0 fully saturated rings. The molecule has 5 rings (SSSR count). The molecule has 2 heterocycles. The molecule has 0 N–H and O–H groups in total. The Morgan fingerprint density at radius 1 is 0.732 bits per heavy atom. The molecule has 0 bridgehead atoms. The van der Waals surface area contributed by atoms with Gasteiger partial charge in [-0.15, -0.1) is 71.3 Å². The zero-order valence-electron chi connectivity index (χ0n) is 26.1. The third-order valence-electron chi connectivity index (χ3n) is 7.25. The minimum atomic E-state index is -1.23. The summed E-state index contributed by atoms with van der Waals surface area (Å²) in [5, 5.41) is 1.40. The largest absolute Gasteiger partial charge is 0.305 e. The summed E-state index contributed by atoms with van der Waals surface area (Å²) in [4.78, 5) is 9.02. The van der Waals surface area contributed by atoms with E-state index in [1.807, 2.05) is 68.6 Å². The summed E-state index contributed by atoms with van der Waals surface area (Å²) in [6.45, 7) is 15.3. The Balaban J connectivity index is 0.000000247. The van der Waals surface area contributed by atoms with E-state index in [-0.39, 0.29) is 25.5 Å². The summed E-state index contributed by atoms with van der Waals surface area (Å²) in [5.74, 6) is -0.640. The van der Waals surface area contributed by atoms with Crippen molar-refractivity contribution in [1.82, 2.24) is 9.97 Å². The van der Waals surface area contributed by atoms with Crippen molar-refractivity contribution in [1.29, 1.82) is 0 Å². The first-order valence-electron chi connectivity index (χ1n) is 14.3. The van der Waals surface area contributed by atoms with Crippen molar-refractivity contribution in [3.63, 3.8) is 0 Å². The molecular weight excluding hydrogens is 693 g/mol. The predicted octanol–water partition coefficient (Wildman–Crippen LogP) is 9.09. The Bertz CT molecular complexity index is 1560. The van der Waals surface area contributed by atoms with Crippen molar-refractivity contribution in [3.8, 4) is 22.5 Å². The van der Waals surface area contributed by atoms with Crippen LogP contribution in [0.25, 0.3) is 22.5 Å². The average molecular weight is 734 g/mol. The van der Waals surface area contributed by atoms with E-state index in [9.17, 15) is 0 Å². The van der Waals surface area contributed by atoms with Gasteiger partial charge >= 0.3 is 0 Å². The van der Waals surface area contributed by atoms with Crippen molar-refractivity contribution < 1.29 is 21.5 Å². The molecule has 0 spiro atoms. The number of aromatic nitrogens is 2. The van der Waals surface area contributed by atoms with Crippen molar-refractivity contribution >= 4 is 13.3 Å². The van der Waals surface area contributed by atoms with Crippen LogP contribution in [0.4, 0.5) is 0 Å². The molecular formula is C37H40IrN2Si-2. The zero-order chi connectivity index (χ0) is 29.7. The normalized spacial score (nSPS) is 11.9. The Morgan fingerprint density at radius 3 is 2.05 bits per heavy atom. The van der Waals surface area contributed by atoms with E-state index in [2.05, 4.69) is 104 Å². The first-order valence-corrected chi connectivity index (χ1v) is 17.3. The Kier molecular flexibility index (Phi) is 10.6. The molecule has 0 saturated carbocycles. The van der Waals surface area contributed by atoms with Gasteiger partial charge in [0.05, 0.1) is 8.07 Å². The topological polar surface area (TPSA) is 25.8 Å². The number of pyridine rings is 2. The van der Waals surface area contributed by atoms with Crippen molar-refractivity contribution in [2.75, 3.05) is 0 Å². The van der Waals surface area contributed by atoms with E-state index in [1.54, 1.807) is 6.20 Å². The van der Waals surface area contributed by atoms with Gasteiger partial charge in [0.15, 0.2) is 0 Å². The van der Waals surface area contributed by atoms with E-state index >= 15 is 0 Å². The van der Waals surface area contributed by atoms with E-state index < -0.39 is 14.0 Å². The standard InChI is InChI=1S/C23H24N.C14H16NSi.Ir/c1-17(2)18-13-14-24-22(16-18)19-9-8-12-21(15-19)23(3,4)20-10-6-5-7-11-20;1-16(2,3)13-9-10-14(15-11-13)12-7-5-4-6-8-12;/h5-8,10-17H,1-4H3;4-7,9-11H,1-3H3;/q2*-1;/i17D;;. The predicted molar refractivity (Wildman–Crippen MR) is 173 cm³/mol. The third-order valence-corrected chi connectivity index (χ3v) is 9.27. The summed E-state index contributed by atoms with van der Waals surface area (Å²) >= 11 is 0. The second kappa shape index (κ2) is 14.1. The molecule has 0 aliphatic carbocycles. The second-order valence-electron chi connectivity index (χ2n) is 11.9. The molecule has 0 saturated heterocycles. The molecule has 0 atom stereocenters. The number of hydrogen-bond donors (Lipinski definition) is 0. The SMILES string of the molecule is C[Si](C)(C)c1ccc(-c2[c-]cccc2)nc1.[2H]C(C)(C)c1ccnc(-c2[c-]ccc(C(C)(C)c3ccccc3)c2)c1.[Ir]. The van der Waals surface area contributed by atoms with Gasteiger partial charge in [-0.2, -0.15) is 0 Å². The summed E-state index contributed by atoms with van der Waals surface area (Å²) in [7, 11) is -1.23. The molecule has 213 valence electrons. The van der Waals surface area contributed by atoms with Crippen LogP contribution >= 0.6 is 0 Å². The van der Waals surface area contributed by atoms with Crippen LogP contribution in [0.5, 0.6) is 0 Å². The number of benzene rings is 3. The zero-order valence-corrected chi connectivity index (χ0v) is 28.5. The van der Waals surface area contributed by atoms with Gasteiger partial charge < -0.3 is 9.97 Å². The van der Waals surface area contributed by atoms with Crippen molar-refractivity contribution in [3.05, 3.63) is 138 Å². The van der Waals surface area contributed by atoms with Crippen LogP contribution in [0.15, 0.2) is 109 Å². The Hall–Kier alpha value is -3.17. The maximum absolute atomic E-state index is 8.25. The summed E-state index contributed by atoms with van der Waals surface area (Å²) in [6, 6.07) is 39.4. The van der Waals surface area contributed by atoms with E-state index in [4.69, 9.17) is 1.37 Å². The summed E-state index contributed by atoms with van der Waals surface area (Å²) < 4.78 is 8.25. The van der Waals surface area contributed by atoms with Crippen LogP contribution in [0, 0.1) is 12.1 Å². The molecule has 5 aromatic rings. The Labute approximate surface area is 263 Å². The van der Waals surface area contributed by atoms with Crippen molar-refractivity contribution in [2.24, 2.45) is 0 Å². The van der Waals surface area contributed by atoms with Gasteiger partial charge in [0, 0.05) is 33.9 Å². The maximum Gasteiger partial charge on any atom is 0.0795 e. The maximum atomic E-state index is 8.25. The average Bonchev–Trinajstić information content (AvgIpc) is 2.98. The second-order valence-corrected chi connectivity index (χ2v) is 16.9. The Morgan fingerprint density at radius 2 is 1.44 bits per heavy atom. The van der Waals surface area contributed by atoms with Crippen LogP contribution in [-0.4, -0.2) is 18.0 Å². The van der Waals surface area contributed by atoms with Crippen LogP contribution in [0.1, 0.15) is 51.7 Å². The van der Waals surface area contributed by atoms with E-state index in [0.717, 1.165) is 28.1 Å². The quantitative estimate of drug-likeness (QED) is 0.129. The van der Waals surface area contributed by atoms with Crippen LogP contribution in [0.2, 0.25) is 19.6 Å². The molecule has 3 aromatic carbocycles. The molecule has 41 heavy (non-hydrogen) atoms. The van der Waals surface area contributed by atoms with Crippen LogP contribution in [-0.2, 0) is 25.5 Å². The smallest absolute Gasteiger partial charge is 0.0795 e. The fraction of sp³-hybridized carbons (Fsp3) is 0.243. The molecule has 1 radical (unpaired) electrons. The first-order chi connectivity index (χ1) is 19.4. The van der Waals surface area contributed by atoms with Gasteiger partial charge in [-0.05, 0) is 39.5 Å². The number of rotatable bonds is 6. The fourth-order valence-electron chi connectivity index (χ4n) is 4.46. The molecule has 0 amide bonds. The first kappa shape index (κ1) is 30.8. The van der Waals surface area contributed by atoms with Crippen LogP contribution < -0.4 is 5.19 Å².